The number of halogens is 4. The van der Waals surface area contributed by atoms with E-state index < -0.39 is 11.3 Å². The fourth-order valence-electron chi connectivity index (χ4n) is 0.203. The Hall–Kier alpha value is -0.0900. The van der Waals surface area contributed by atoms with Crippen molar-refractivity contribution >= 4 is 29.2 Å². The van der Waals surface area contributed by atoms with Crippen molar-refractivity contribution in [2.24, 2.45) is 0 Å². The van der Waals surface area contributed by atoms with Gasteiger partial charge in [0.25, 0.3) is 0 Å². The molecule has 0 bridgehead atoms. The molecule has 0 fully saturated rings. The van der Waals surface area contributed by atoms with Crippen LogP contribution in [0.2, 0.25) is 0 Å². The molecule has 6 heteroatoms. The molecule has 12 heavy (non-hydrogen) atoms. The molecule has 0 aromatic heterocycles. The highest BCUT2D eigenvalue weighted by atomic mass is 35.5. The van der Waals surface area contributed by atoms with E-state index in [2.05, 4.69) is 27.9 Å². The van der Waals surface area contributed by atoms with Crippen LogP contribution in [-0.2, 0) is 9.53 Å². The maximum Gasteiger partial charge on any atom is 0.335 e. The van der Waals surface area contributed by atoms with Gasteiger partial charge in [-0.15, -0.1) is 11.6 Å². The summed E-state index contributed by atoms with van der Waals surface area (Å²) in [7, 11) is 0. The summed E-state index contributed by atoms with van der Waals surface area (Å²) < 4.78 is 26.6. The normalized spacial score (nSPS) is 9.83. The van der Waals surface area contributed by atoms with Crippen LogP contribution in [0.1, 0.15) is 13.8 Å². The van der Waals surface area contributed by atoms with Gasteiger partial charge in [0.2, 0.25) is 0 Å². The van der Waals surface area contributed by atoms with Crippen LogP contribution in [0.5, 0.6) is 0 Å². The predicted octanol–water partition coefficient (Wildman–Crippen LogP) is 2.63. The summed E-state index contributed by atoms with van der Waals surface area (Å²) in [6.07, 6.45) is 0. The van der Waals surface area contributed by atoms with E-state index in [1.165, 1.54) is 6.92 Å². The largest absolute Gasteiger partial charge is 0.466 e. The van der Waals surface area contributed by atoms with E-state index in [4.69, 9.17) is 0 Å². The molecular weight excluding hydrogens is 213 g/mol. The van der Waals surface area contributed by atoms with Gasteiger partial charge in [-0.1, -0.05) is 0 Å². The van der Waals surface area contributed by atoms with Crippen LogP contribution < -0.4 is 0 Å². The van der Waals surface area contributed by atoms with Crippen molar-refractivity contribution in [3.8, 4) is 0 Å². The summed E-state index contributed by atoms with van der Waals surface area (Å²) in [6, 6.07) is 0. The Morgan fingerprint density at radius 2 is 1.92 bits per heavy atom. The van der Waals surface area contributed by atoms with E-state index in [1.807, 2.05) is 0 Å². The first-order chi connectivity index (χ1) is 5.33. The Morgan fingerprint density at radius 1 is 1.58 bits per heavy atom. The number of carbonyl (C=O) groups is 1. The highest BCUT2D eigenvalue weighted by Crippen LogP contribution is 2.18. The Morgan fingerprint density at radius 3 is 1.92 bits per heavy atom. The van der Waals surface area contributed by atoms with E-state index in [1.54, 1.807) is 6.92 Å². The smallest absolute Gasteiger partial charge is 0.335 e. The Kier molecular flexibility index (Phi) is 9.09. The summed E-state index contributed by atoms with van der Waals surface area (Å²) in [5.41, 5.74) is 0. The molecule has 0 aliphatic carbocycles. The first-order valence-corrected chi connectivity index (χ1v) is 4.00. The summed E-state index contributed by atoms with van der Waals surface area (Å²) in [5.74, 6) is -1.04. The van der Waals surface area contributed by atoms with Crippen LogP contribution in [-0.4, -0.2) is 23.8 Å². The average Bonchev–Trinajstić information content (AvgIpc) is 1.87. The van der Waals surface area contributed by atoms with Gasteiger partial charge in [0.1, 0.15) is 5.88 Å². The van der Waals surface area contributed by atoms with E-state index in [9.17, 15) is 13.6 Å². The Labute approximate surface area is 79.8 Å². The molecule has 0 radical (unpaired) electrons. The van der Waals surface area contributed by atoms with Gasteiger partial charge in [-0.2, -0.15) is 8.78 Å². The van der Waals surface area contributed by atoms with Crippen molar-refractivity contribution in [2.75, 3.05) is 12.5 Å². The predicted molar refractivity (Wildman–Crippen MR) is 43.8 cm³/mol. The zero-order valence-electron chi connectivity index (χ0n) is 6.74. The molecule has 0 saturated heterocycles. The Balaban J connectivity index is 0. The second-order valence-corrected chi connectivity index (χ2v) is 2.49. The van der Waals surface area contributed by atoms with Crippen molar-refractivity contribution in [3.63, 3.8) is 0 Å². The van der Waals surface area contributed by atoms with Crippen LogP contribution in [0.25, 0.3) is 0 Å². The van der Waals surface area contributed by atoms with Crippen LogP contribution in [0.4, 0.5) is 8.78 Å². The van der Waals surface area contributed by atoms with Gasteiger partial charge in [-0.3, -0.25) is 4.79 Å². The monoisotopic (exact) mass is 222 g/mol. The lowest BCUT2D eigenvalue weighted by Crippen LogP contribution is -2.05. The van der Waals surface area contributed by atoms with Crippen LogP contribution in [0.15, 0.2) is 0 Å². The molecule has 74 valence electrons. The zero-order chi connectivity index (χ0) is 10.2. The third-order valence-electron chi connectivity index (χ3n) is 0.499. The van der Waals surface area contributed by atoms with Crippen LogP contribution in [0, 0.1) is 0 Å². The van der Waals surface area contributed by atoms with E-state index in [-0.39, 0.29) is 5.97 Å². The molecule has 0 heterocycles. The standard InChI is InChI=1S/C4H8O2.C2H2Cl2F2/c1-3-6-4(2)5;3-1-2(4,5)6/h3H2,1-2H3;1H2. The minimum absolute atomic E-state index is 0.211. The molecule has 0 unspecified atom stereocenters. The molecule has 0 saturated carbocycles. The third-order valence-corrected chi connectivity index (χ3v) is 1.11. The highest BCUT2D eigenvalue weighted by molar-refractivity contribution is 6.28. The quantitative estimate of drug-likeness (QED) is 0.531. The van der Waals surface area contributed by atoms with Crippen molar-refractivity contribution < 1.29 is 18.3 Å². The molecule has 0 spiro atoms. The molecule has 0 aromatic rings. The molecule has 0 N–H and O–H groups in total. The van der Waals surface area contributed by atoms with Crippen molar-refractivity contribution in [1.82, 2.24) is 0 Å². The van der Waals surface area contributed by atoms with Crippen molar-refractivity contribution in [3.05, 3.63) is 0 Å². The number of alkyl halides is 4. The molecule has 0 aromatic carbocycles. The molecule has 0 amide bonds. The van der Waals surface area contributed by atoms with Gasteiger partial charge in [0, 0.05) is 6.92 Å². The first kappa shape index (κ1) is 14.4. The van der Waals surface area contributed by atoms with E-state index >= 15 is 0 Å². The minimum atomic E-state index is -3.22. The molecule has 0 aliphatic heterocycles. The van der Waals surface area contributed by atoms with Crippen LogP contribution >= 0.6 is 23.2 Å². The lowest BCUT2D eigenvalue weighted by Gasteiger charge is -1.96. The molecule has 0 rings (SSSR count). The van der Waals surface area contributed by atoms with E-state index in [0.29, 0.717) is 6.61 Å². The molecule has 0 atom stereocenters. The van der Waals surface area contributed by atoms with Gasteiger partial charge in [-0.25, -0.2) is 0 Å². The van der Waals surface area contributed by atoms with Gasteiger partial charge in [0.15, 0.2) is 0 Å². The minimum Gasteiger partial charge on any atom is -0.466 e. The number of esters is 1. The maximum absolute atomic E-state index is 11.1. The van der Waals surface area contributed by atoms with Crippen molar-refractivity contribution in [2.45, 2.75) is 19.2 Å². The molecule has 2 nitrogen and oxygen atoms in total. The second kappa shape index (κ2) is 7.55. The van der Waals surface area contributed by atoms with Gasteiger partial charge < -0.3 is 4.74 Å². The summed E-state index contributed by atoms with van der Waals surface area (Å²) in [4.78, 5) is 9.82. The lowest BCUT2D eigenvalue weighted by atomic mass is 10.8. The molecule has 0 aliphatic rings. The summed E-state index contributed by atoms with van der Waals surface area (Å²) in [5, 5.41) is -3.22. The fourth-order valence-corrected chi connectivity index (χ4v) is 0.203. The number of rotatable bonds is 2. The van der Waals surface area contributed by atoms with Crippen LogP contribution in [0.3, 0.4) is 0 Å². The maximum atomic E-state index is 11.1. The number of carbonyl (C=O) groups excluding carboxylic acids is 1. The highest BCUT2D eigenvalue weighted by Gasteiger charge is 2.21. The van der Waals surface area contributed by atoms with Gasteiger partial charge >= 0.3 is 11.4 Å². The zero-order valence-corrected chi connectivity index (χ0v) is 8.25. The lowest BCUT2D eigenvalue weighted by molar-refractivity contribution is -0.140. The van der Waals surface area contributed by atoms with Gasteiger partial charge in [0.05, 0.1) is 6.61 Å². The topological polar surface area (TPSA) is 26.3 Å². The third kappa shape index (κ3) is 22.5. The fraction of sp³-hybridized carbons (Fsp3) is 0.833. The number of ether oxygens (including phenoxy) is 1. The SMILES string of the molecule is CCOC(C)=O.FC(F)(Cl)CCl. The Bertz CT molecular complexity index is 125. The van der Waals surface area contributed by atoms with Gasteiger partial charge in [-0.05, 0) is 18.5 Å². The molecular formula is C6H10Cl2F2O2. The van der Waals surface area contributed by atoms with Crippen molar-refractivity contribution in [1.29, 1.82) is 0 Å². The number of hydrogen-bond acceptors (Lipinski definition) is 2. The average molecular weight is 223 g/mol. The second-order valence-electron chi connectivity index (χ2n) is 1.67. The van der Waals surface area contributed by atoms with E-state index in [0.717, 1.165) is 0 Å². The summed E-state index contributed by atoms with van der Waals surface area (Å²) in [6.45, 7) is 3.65. The first-order valence-electron chi connectivity index (χ1n) is 3.09. The summed E-state index contributed by atoms with van der Waals surface area (Å²) >= 11 is 8.85. The number of hydrogen-bond donors (Lipinski definition) is 0.